The van der Waals surface area contributed by atoms with Gasteiger partial charge in [-0.2, -0.15) is 0 Å². The van der Waals surface area contributed by atoms with Gasteiger partial charge in [0.25, 0.3) is 0 Å². The van der Waals surface area contributed by atoms with Crippen molar-refractivity contribution in [2.45, 2.75) is 58.9 Å². The van der Waals surface area contributed by atoms with Crippen molar-refractivity contribution >= 4 is 12.0 Å². The van der Waals surface area contributed by atoms with Crippen molar-refractivity contribution < 1.29 is 14.7 Å². The SMILES string of the molecule is CCCC(C)(C)NC(=O)NCC(CC)CC(=O)O. The molecule has 1 unspecified atom stereocenters. The monoisotopic (exact) mass is 258 g/mol. The molecule has 18 heavy (non-hydrogen) atoms. The van der Waals surface area contributed by atoms with E-state index in [1.165, 1.54) is 0 Å². The van der Waals surface area contributed by atoms with Gasteiger partial charge in [-0.1, -0.05) is 26.7 Å². The molecular formula is C13H26N2O3. The highest BCUT2D eigenvalue weighted by molar-refractivity contribution is 5.74. The summed E-state index contributed by atoms with van der Waals surface area (Å²) < 4.78 is 0. The Bertz CT molecular complexity index is 277. The van der Waals surface area contributed by atoms with Gasteiger partial charge in [0.1, 0.15) is 0 Å². The number of hydrogen-bond acceptors (Lipinski definition) is 2. The lowest BCUT2D eigenvalue weighted by Crippen LogP contribution is -2.49. The molecule has 0 aliphatic rings. The maximum Gasteiger partial charge on any atom is 0.315 e. The number of aliphatic carboxylic acids is 1. The normalized spacial score (nSPS) is 12.9. The maximum absolute atomic E-state index is 11.7. The molecule has 0 rings (SSSR count). The van der Waals surface area contributed by atoms with Gasteiger partial charge in [0.15, 0.2) is 0 Å². The summed E-state index contributed by atoms with van der Waals surface area (Å²) in [4.78, 5) is 22.3. The molecule has 2 amide bonds. The number of carbonyl (C=O) groups is 2. The standard InChI is InChI=1S/C13H26N2O3/c1-5-7-13(3,4)15-12(18)14-9-10(6-2)8-11(16)17/h10H,5-9H2,1-4H3,(H,16,17)(H2,14,15,18). The summed E-state index contributed by atoms with van der Waals surface area (Å²) >= 11 is 0. The molecule has 0 aliphatic heterocycles. The predicted octanol–water partition coefficient (Wildman–Crippen LogP) is 2.37. The number of rotatable bonds is 8. The number of hydrogen-bond donors (Lipinski definition) is 3. The van der Waals surface area contributed by atoms with Gasteiger partial charge in [0.05, 0.1) is 0 Å². The number of nitrogens with one attached hydrogen (secondary N) is 2. The molecule has 0 aromatic heterocycles. The predicted molar refractivity (Wildman–Crippen MR) is 71.6 cm³/mol. The van der Waals surface area contributed by atoms with E-state index in [0.717, 1.165) is 19.3 Å². The molecule has 0 aromatic carbocycles. The first-order valence-electron chi connectivity index (χ1n) is 6.58. The minimum atomic E-state index is -0.824. The van der Waals surface area contributed by atoms with Crippen LogP contribution in [0.25, 0.3) is 0 Å². The molecule has 0 spiro atoms. The van der Waals surface area contributed by atoms with Crippen LogP contribution in [-0.2, 0) is 4.79 Å². The molecule has 3 N–H and O–H groups in total. The second kappa shape index (κ2) is 7.95. The molecule has 0 fully saturated rings. The molecule has 0 aromatic rings. The van der Waals surface area contributed by atoms with E-state index in [1.807, 2.05) is 20.8 Å². The minimum Gasteiger partial charge on any atom is -0.481 e. The average molecular weight is 258 g/mol. The van der Waals surface area contributed by atoms with Gasteiger partial charge in [-0.15, -0.1) is 0 Å². The lowest BCUT2D eigenvalue weighted by Gasteiger charge is -2.26. The van der Waals surface area contributed by atoms with Crippen LogP contribution in [0.1, 0.15) is 53.4 Å². The second-order valence-corrected chi connectivity index (χ2v) is 5.34. The highest BCUT2D eigenvalue weighted by Crippen LogP contribution is 2.10. The second-order valence-electron chi connectivity index (χ2n) is 5.34. The molecule has 0 aliphatic carbocycles. The number of amides is 2. The first-order chi connectivity index (χ1) is 8.30. The first-order valence-corrected chi connectivity index (χ1v) is 6.58. The number of urea groups is 1. The van der Waals surface area contributed by atoms with Gasteiger partial charge in [-0.05, 0) is 26.2 Å². The Balaban J connectivity index is 4.05. The zero-order valence-electron chi connectivity index (χ0n) is 11.9. The van der Waals surface area contributed by atoms with E-state index in [1.54, 1.807) is 0 Å². The summed E-state index contributed by atoms with van der Waals surface area (Å²) in [5.74, 6) is -0.835. The van der Waals surface area contributed by atoms with Crippen LogP contribution in [0.15, 0.2) is 0 Å². The van der Waals surface area contributed by atoms with Crippen LogP contribution in [0.3, 0.4) is 0 Å². The summed E-state index contributed by atoms with van der Waals surface area (Å²) in [6.07, 6.45) is 2.75. The van der Waals surface area contributed by atoms with E-state index in [-0.39, 0.29) is 23.9 Å². The van der Waals surface area contributed by atoms with Crippen LogP contribution in [0.4, 0.5) is 4.79 Å². The van der Waals surface area contributed by atoms with E-state index in [4.69, 9.17) is 5.11 Å². The molecule has 5 nitrogen and oxygen atoms in total. The third-order valence-electron chi connectivity index (χ3n) is 2.92. The van der Waals surface area contributed by atoms with Crippen LogP contribution in [0.2, 0.25) is 0 Å². The Labute approximate surface area is 109 Å². The quantitative estimate of drug-likeness (QED) is 0.625. The van der Waals surface area contributed by atoms with Crippen molar-refractivity contribution in [3.63, 3.8) is 0 Å². The van der Waals surface area contributed by atoms with Crippen molar-refractivity contribution in [1.82, 2.24) is 10.6 Å². The Hall–Kier alpha value is -1.26. The lowest BCUT2D eigenvalue weighted by atomic mass is 9.99. The topological polar surface area (TPSA) is 78.4 Å². The van der Waals surface area contributed by atoms with Gasteiger partial charge in [0.2, 0.25) is 0 Å². The fourth-order valence-electron chi connectivity index (χ4n) is 1.88. The highest BCUT2D eigenvalue weighted by atomic mass is 16.4. The Morgan fingerprint density at radius 3 is 2.33 bits per heavy atom. The number of carbonyl (C=O) groups excluding carboxylic acids is 1. The van der Waals surface area contributed by atoms with Crippen molar-refractivity contribution in [1.29, 1.82) is 0 Å². The van der Waals surface area contributed by atoms with E-state index in [2.05, 4.69) is 17.6 Å². The van der Waals surface area contributed by atoms with Crippen LogP contribution in [-0.4, -0.2) is 29.2 Å². The van der Waals surface area contributed by atoms with Gasteiger partial charge in [-0.3, -0.25) is 4.79 Å². The summed E-state index contributed by atoms with van der Waals surface area (Å²) in [6.45, 7) is 8.35. The van der Waals surface area contributed by atoms with Gasteiger partial charge >= 0.3 is 12.0 Å². The largest absolute Gasteiger partial charge is 0.481 e. The van der Waals surface area contributed by atoms with Gasteiger partial charge < -0.3 is 15.7 Å². The molecule has 0 bridgehead atoms. The lowest BCUT2D eigenvalue weighted by molar-refractivity contribution is -0.138. The Morgan fingerprint density at radius 1 is 1.28 bits per heavy atom. The number of carboxylic acid groups (broad SMARTS) is 1. The average Bonchev–Trinajstić information content (AvgIpc) is 2.22. The maximum atomic E-state index is 11.7. The van der Waals surface area contributed by atoms with Crippen LogP contribution < -0.4 is 10.6 Å². The molecule has 0 saturated heterocycles. The molecular weight excluding hydrogens is 232 g/mol. The van der Waals surface area contributed by atoms with E-state index < -0.39 is 5.97 Å². The highest BCUT2D eigenvalue weighted by Gasteiger charge is 2.19. The summed E-state index contributed by atoms with van der Waals surface area (Å²) in [7, 11) is 0. The van der Waals surface area contributed by atoms with E-state index in [0.29, 0.717) is 6.54 Å². The molecule has 0 radical (unpaired) electrons. The molecule has 106 valence electrons. The van der Waals surface area contributed by atoms with Crippen LogP contribution in [0, 0.1) is 5.92 Å². The van der Waals surface area contributed by atoms with Crippen molar-refractivity contribution in [3.05, 3.63) is 0 Å². The van der Waals surface area contributed by atoms with Gasteiger partial charge in [0, 0.05) is 18.5 Å². The summed E-state index contributed by atoms with van der Waals surface area (Å²) in [5.41, 5.74) is -0.229. The van der Waals surface area contributed by atoms with E-state index >= 15 is 0 Å². The fourth-order valence-corrected chi connectivity index (χ4v) is 1.88. The third kappa shape index (κ3) is 7.92. The third-order valence-corrected chi connectivity index (χ3v) is 2.92. The first kappa shape index (κ1) is 16.7. The summed E-state index contributed by atoms with van der Waals surface area (Å²) in [6, 6.07) is -0.225. The molecule has 1 atom stereocenters. The molecule has 0 heterocycles. The van der Waals surface area contributed by atoms with Crippen molar-refractivity contribution in [3.8, 4) is 0 Å². The molecule has 0 saturated carbocycles. The Kier molecular flexibility index (Phi) is 7.39. The zero-order chi connectivity index (χ0) is 14.2. The van der Waals surface area contributed by atoms with Crippen molar-refractivity contribution in [2.75, 3.05) is 6.54 Å². The smallest absolute Gasteiger partial charge is 0.315 e. The van der Waals surface area contributed by atoms with Crippen LogP contribution in [0.5, 0.6) is 0 Å². The molecule has 5 heteroatoms. The minimum absolute atomic E-state index is 0.0115. The number of carboxylic acids is 1. The Morgan fingerprint density at radius 2 is 1.89 bits per heavy atom. The van der Waals surface area contributed by atoms with Crippen molar-refractivity contribution in [2.24, 2.45) is 5.92 Å². The zero-order valence-corrected chi connectivity index (χ0v) is 11.9. The fraction of sp³-hybridized carbons (Fsp3) is 0.846. The van der Waals surface area contributed by atoms with Crippen LogP contribution >= 0.6 is 0 Å². The van der Waals surface area contributed by atoms with Gasteiger partial charge in [-0.25, -0.2) is 4.79 Å². The van der Waals surface area contributed by atoms with E-state index in [9.17, 15) is 9.59 Å². The summed E-state index contributed by atoms with van der Waals surface area (Å²) in [5, 5.41) is 14.3.